The molecule has 3 rings (SSSR count). The predicted molar refractivity (Wildman–Crippen MR) is 97.3 cm³/mol. The van der Waals surface area contributed by atoms with Gasteiger partial charge in [-0.1, -0.05) is 41.9 Å². The second-order valence-corrected chi connectivity index (χ2v) is 6.44. The van der Waals surface area contributed by atoms with Gasteiger partial charge in [0.25, 0.3) is 0 Å². The average Bonchev–Trinajstić information content (AvgIpc) is 2.87. The highest BCUT2D eigenvalue weighted by molar-refractivity contribution is 14.1. The summed E-state index contributed by atoms with van der Waals surface area (Å²) < 4.78 is 7.05. The van der Waals surface area contributed by atoms with Crippen LogP contribution >= 0.6 is 34.2 Å². The standard InChI is InChI=1S/C17H14ClIN2O/c1-11-16(19)17(21-20-11)14-9-13(18)7-8-15(14)22-10-12-5-3-2-4-6-12/h2-9H,10H2,1H3,(H,20,21). The van der Waals surface area contributed by atoms with Crippen molar-refractivity contribution in [3.05, 3.63) is 68.4 Å². The number of rotatable bonds is 4. The van der Waals surface area contributed by atoms with Crippen LogP contribution in [0, 0.1) is 10.5 Å². The molecule has 0 unspecified atom stereocenters. The van der Waals surface area contributed by atoms with Gasteiger partial charge in [0, 0.05) is 16.3 Å². The lowest BCUT2D eigenvalue weighted by Crippen LogP contribution is -1.97. The number of hydrogen-bond donors (Lipinski definition) is 1. The summed E-state index contributed by atoms with van der Waals surface area (Å²) in [6.45, 7) is 2.50. The van der Waals surface area contributed by atoms with Crippen molar-refractivity contribution in [1.29, 1.82) is 0 Å². The summed E-state index contributed by atoms with van der Waals surface area (Å²) in [5, 5.41) is 8.04. The smallest absolute Gasteiger partial charge is 0.129 e. The SMILES string of the molecule is Cc1[nH]nc(-c2cc(Cl)ccc2OCc2ccccc2)c1I. The van der Waals surface area contributed by atoms with E-state index in [4.69, 9.17) is 16.3 Å². The van der Waals surface area contributed by atoms with Crippen molar-refractivity contribution in [2.45, 2.75) is 13.5 Å². The van der Waals surface area contributed by atoms with Crippen molar-refractivity contribution < 1.29 is 4.74 Å². The fourth-order valence-corrected chi connectivity index (χ4v) is 2.85. The Morgan fingerprint density at radius 3 is 2.64 bits per heavy atom. The van der Waals surface area contributed by atoms with Gasteiger partial charge in [0.15, 0.2) is 0 Å². The Morgan fingerprint density at radius 1 is 1.18 bits per heavy atom. The molecular weight excluding hydrogens is 411 g/mol. The molecule has 0 amide bonds. The van der Waals surface area contributed by atoms with Crippen LogP contribution in [-0.4, -0.2) is 10.2 Å². The van der Waals surface area contributed by atoms with Crippen LogP contribution in [0.15, 0.2) is 48.5 Å². The Kier molecular flexibility index (Phi) is 4.69. The molecule has 1 N–H and O–H groups in total. The predicted octanol–water partition coefficient (Wildman–Crippen LogP) is 5.22. The van der Waals surface area contributed by atoms with Crippen LogP contribution < -0.4 is 4.74 Å². The minimum atomic E-state index is 0.509. The monoisotopic (exact) mass is 424 g/mol. The van der Waals surface area contributed by atoms with E-state index in [1.165, 1.54) is 0 Å². The van der Waals surface area contributed by atoms with E-state index in [-0.39, 0.29) is 0 Å². The second kappa shape index (κ2) is 6.71. The summed E-state index contributed by atoms with van der Waals surface area (Å²) in [6, 6.07) is 15.7. The molecule has 0 spiro atoms. The van der Waals surface area contributed by atoms with Gasteiger partial charge in [-0.2, -0.15) is 5.10 Å². The van der Waals surface area contributed by atoms with Gasteiger partial charge in [0.1, 0.15) is 18.1 Å². The van der Waals surface area contributed by atoms with Crippen LogP contribution in [0.5, 0.6) is 5.75 Å². The van der Waals surface area contributed by atoms with Gasteiger partial charge in [-0.15, -0.1) is 0 Å². The summed E-state index contributed by atoms with van der Waals surface area (Å²) >= 11 is 8.43. The Bertz CT molecular complexity index is 787. The van der Waals surface area contributed by atoms with Crippen molar-refractivity contribution in [2.75, 3.05) is 0 Å². The zero-order valence-electron chi connectivity index (χ0n) is 11.9. The summed E-state index contributed by atoms with van der Waals surface area (Å²) in [4.78, 5) is 0. The molecule has 3 aromatic rings. The third-order valence-corrected chi connectivity index (χ3v) is 4.86. The van der Waals surface area contributed by atoms with E-state index in [2.05, 4.69) is 32.8 Å². The van der Waals surface area contributed by atoms with Crippen LogP contribution in [0.3, 0.4) is 0 Å². The molecule has 0 fully saturated rings. The maximum Gasteiger partial charge on any atom is 0.129 e. The molecule has 1 heterocycles. The molecule has 3 nitrogen and oxygen atoms in total. The normalized spacial score (nSPS) is 10.7. The van der Waals surface area contributed by atoms with E-state index in [0.29, 0.717) is 11.6 Å². The van der Waals surface area contributed by atoms with Crippen molar-refractivity contribution in [1.82, 2.24) is 10.2 Å². The van der Waals surface area contributed by atoms with Gasteiger partial charge in [0.05, 0.1) is 3.57 Å². The maximum absolute atomic E-state index is 6.15. The largest absolute Gasteiger partial charge is 0.488 e. The van der Waals surface area contributed by atoms with E-state index >= 15 is 0 Å². The average molecular weight is 425 g/mol. The van der Waals surface area contributed by atoms with Crippen molar-refractivity contribution in [3.8, 4) is 17.0 Å². The molecule has 0 radical (unpaired) electrons. The van der Waals surface area contributed by atoms with Gasteiger partial charge >= 0.3 is 0 Å². The number of nitrogens with one attached hydrogen (secondary N) is 1. The van der Waals surface area contributed by atoms with Crippen molar-refractivity contribution >= 4 is 34.2 Å². The summed E-state index contributed by atoms with van der Waals surface area (Å²) in [5.74, 6) is 0.776. The summed E-state index contributed by atoms with van der Waals surface area (Å²) in [7, 11) is 0. The van der Waals surface area contributed by atoms with E-state index in [9.17, 15) is 0 Å². The number of nitrogens with zero attached hydrogens (tertiary/aromatic N) is 1. The first-order valence-electron chi connectivity index (χ1n) is 6.82. The molecule has 0 bridgehead atoms. The highest BCUT2D eigenvalue weighted by Gasteiger charge is 2.15. The van der Waals surface area contributed by atoms with E-state index in [1.807, 2.05) is 55.5 Å². The summed E-state index contributed by atoms with van der Waals surface area (Å²) in [5.41, 5.74) is 3.92. The fraction of sp³-hybridized carbons (Fsp3) is 0.118. The molecule has 0 atom stereocenters. The first kappa shape index (κ1) is 15.4. The van der Waals surface area contributed by atoms with E-state index < -0.39 is 0 Å². The molecular formula is C17H14ClIN2O. The van der Waals surface area contributed by atoms with Crippen molar-refractivity contribution in [3.63, 3.8) is 0 Å². The van der Waals surface area contributed by atoms with Gasteiger partial charge in [0.2, 0.25) is 0 Å². The van der Waals surface area contributed by atoms with Crippen molar-refractivity contribution in [2.24, 2.45) is 0 Å². The number of H-pyrrole nitrogens is 1. The molecule has 0 aliphatic rings. The minimum Gasteiger partial charge on any atom is -0.488 e. The maximum atomic E-state index is 6.15. The van der Waals surface area contributed by atoms with Crippen LogP contribution in [-0.2, 0) is 6.61 Å². The molecule has 1 aromatic heterocycles. The highest BCUT2D eigenvalue weighted by atomic mass is 127. The zero-order chi connectivity index (χ0) is 15.5. The number of benzene rings is 2. The molecule has 112 valence electrons. The number of hydrogen-bond acceptors (Lipinski definition) is 2. The lowest BCUT2D eigenvalue weighted by atomic mass is 10.1. The zero-order valence-corrected chi connectivity index (χ0v) is 14.9. The molecule has 0 aliphatic heterocycles. The van der Waals surface area contributed by atoms with Crippen LogP contribution in [0.4, 0.5) is 0 Å². The van der Waals surface area contributed by atoms with Gasteiger partial charge < -0.3 is 4.74 Å². The summed E-state index contributed by atoms with van der Waals surface area (Å²) in [6.07, 6.45) is 0. The Morgan fingerprint density at radius 2 is 1.95 bits per heavy atom. The fourth-order valence-electron chi connectivity index (χ4n) is 2.14. The molecule has 0 saturated carbocycles. The number of aryl methyl sites for hydroxylation is 1. The van der Waals surface area contributed by atoms with Gasteiger partial charge in [-0.25, -0.2) is 0 Å². The van der Waals surface area contributed by atoms with E-state index in [1.54, 1.807) is 0 Å². The molecule has 0 saturated heterocycles. The minimum absolute atomic E-state index is 0.509. The van der Waals surface area contributed by atoms with Crippen LogP contribution in [0.1, 0.15) is 11.3 Å². The van der Waals surface area contributed by atoms with Gasteiger partial charge in [-0.05, 0) is 53.3 Å². The molecule has 0 aliphatic carbocycles. The first-order valence-corrected chi connectivity index (χ1v) is 8.28. The highest BCUT2D eigenvalue weighted by Crippen LogP contribution is 2.35. The number of halogens is 2. The molecule has 22 heavy (non-hydrogen) atoms. The number of ether oxygens (including phenoxy) is 1. The second-order valence-electron chi connectivity index (χ2n) is 4.93. The number of aromatic nitrogens is 2. The Labute approximate surface area is 147 Å². The Hall–Kier alpha value is -1.53. The van der Waals surface area contributed by atoms with Gasteiger partial charge in [-0.3, -0.25) is 5.10 Å². The first-order chi connectivity index (χ1) is 10.6. The third kappa shape index (κ3) is 3.28. The lowest BCUT2D eigenvalue weighted by molar-refractivity contribution is 0.307. The Balaban J connectivity index is 1.93. The lowest BCUT2D eigenvalue weighted by Gasteiger charge is -2.11. The third-order valence-electron chi connectivity index (χ3n) is 3.31. The molecule has 2 aromatic carbocycles. The quantitative estimate of drug-likeness (QED) is 0.583. The van der Waals surface area contributed by atoms with Crippen LogP contribution in [0.2, 0.25) is 5.02 Å². The topological polar surface area (TPSA) is 37.9 Å². The molecule has 5 heteroatoms. The van der Waals surface area contributed by atoms with E-state index in [0.717, 1.165) is 31.8 Å². The number of aromatic amines is 1. The van der Waals surface area contributed by atoms with Crippen LogP contribution in [0.25, 0.3) is 11.3 Å².